The van der Waals surface area contributed by atoms with E-state index in [1.165, 1.54) is 16.5 Å². The summed E-state index contributed by atoms with van der Waals surface area (Å²) < 4.78 is 2.27. The summed E-state index contributed by atoms with van der Waals surface area (Å²) in [6, 6.07) is 13.1. The zero-order valence-corrected chi connectivity index (χ0v) is 19.0. The van der Waals surface area contributed by atoms with Crippen molar-refractivity contribution >= 4 is 16.9 Å². The number of benzene rings is 1. The van der Waals surface area contributed by atoms with Crippen molar-refractivity contribution in [2.45, 2.75) is 45.3 Å². The van der Waals surface area contributed by atoms with Gasteiger partial charge in [0.05, 0.1) is 11.7 Å². The summed E-state index contributed by atoms with van der Waals surface area (Å²) in [5.74, 6) is 0.282. The van der Waals surface area contributed by atoms with Crippen LogP contribution in [0.3, 0.4) is 0 Å². The van der Waals surface area contributed by atoms with E-state index in [0.29, 0.717) is 0 Å². The number of fused-ring (bicyclic) bond motifs is 1. The van der Waals surface area contributed by atoms with Crippen LogP contribution in [0.1, 0.15) is 42.3 Å². The van der Waals surface area contributed by atoms with Gasteiger partial charge in [0.1, 0.15) is 0 Å². The second-order valence-electron chi connectivity index (χ2n) is 8.82. The fraction of sp³-hybridized carbons (Fsp3) is 0.346. The molecular formula is C26H30N6O. The molecule has 1 aromatic carbocycles. The molecule has 0 radical (unpaired) electrons. The zero-order valence-electron chi connectivity index (χ0n) is 19.0. The van der Waals surface area contributed by atoms with Crippen LogP contribution in [0.5, 0.6) is 0 Å². The normalized spacial score (nSPS) is 16.6. The van der Waals surface area contributed by atoms with Crippen LogP contribution in [0.25, 0.3) is 22.0 Å². The minimum absolute atomic E-state index is 0.205. The van der Waals surface area contributed by atoms with Crippen LogP contribution >= 0.6 is 0 Å². The first-order chi connectivity index (χ1) is 16.1. The summed E-state index contributed by atoms with van der Waals surface area (Å²) in [7, 11) is 0. The van der Waals surface area contributed by atoms with Gasteiger partial charge >= 0.3 is 0 Å². The number of nitrogens with zero attached hydrogens (tertiary/aromatic N) is 5. The topological polar surface area (TPSA) is 93.1 Å². The molecule has 0 amide bonds. The number of likely N-dealkylation sites (tertiary alicyclic amines) is 1. The summed E-state index contributed by atoms with van der Waals surface area (Å²) in [6.07, 6.45) is 8.82. The molecule has 0 aliphatic carbocycles. The van der Waals surface area contributed by atoms with E-state index >= 15 is 0 Å². The predicted octanol–water partition coefficient (Wildman–Crippen LogP) is 4.10. The average molecular weight is 443 g/mol. The molecule has 0 spiro atoms. The molecule has 0 saturated carbocycles. The van der Waals surface area contributed by atoms with Crippen LogP contribution in [0.15, 0.2) is 55.0 Å². The Hall–Kier alpha value is -3.29. The molecule has 7 heteroatoms. The number of aliphatic hydroxyl groups excluding tert-OH is 1. The highest BCUT2D eigenvalue weighted by Crippen LogP contribution is 2.35. The molecule has 4 heterocycles. The standard InChI is InChI=1S/C26H30N6O/c1-18-12-19(20-14-28-26(27)29-15-20)13-23(30-18)25-8-4-9-32(25)17-21-16-31(10-5-11-33)24-7-3-2-6-22(21)24/h2-3,6-7,12-16,25,33H,4-5,8-11,17H2,1H3,(H2,27,28,29)/t25-/m0/s1. The van der Waals surface area contributed by atoms with Gasteiger partial charge in [-0.2, -0.15) is 0 Å². The molecule has 1 aliphatic heterocycles. The van der Waals surface area contributed by atoms with Crippen LogP contribution in [0.2, 0.25) is 0 Å². The summed E-state index contributed by atoms with van der Waals surface area (Å²) in [5, 5.41) is 10.6. The van der Waals surface area contributed by atoms with Crippen molar-refractivity contribution in [2.24, 2.45) is 0 Å². The minimum Gasteiger partial charge on any atom is -0.396 e. The van der Waals surface area contributed by atoms with Crippen molar-refractivity contribution in [3.8, 4) is 11.1 Å². The highest BCUT2D eigenvalue weighted by Gasteiger charge is 2.28. The summed E-state index contributed by atoms with van der Waals surface area (Å²) >= 11 is 0. The number of nitrogens with two attached hydrogens (primary N) is 1. The van der Waals surface area contributed by atoms with Crippen molar-refractivity contribution < 1.29 is 5.11 Å². The van der Waals surface area contributed by atoms with Crippen LogP contribution in [0, 0.1) is 6.92 Å². The van der Waals surface area contributed by atoms with Crippen LogP contribution in [-0.4, -0.2) is 42.7 Å². The maximum absolute atomic E-state index is 9.30. The molecule has 1 fully saturated rings. The Kier molecular flexibility index (Phi) is 6.07. The number of nitrogen functional groups attached to an aromatic ring is 1. The van der Waals surface area contributed by atoms with E-state index in [1.807, 2.05) is 6.92 Å². The van der Waals surface area contributed by atoms with Gasteiger partial charge in [-0.05, 0) is 62.1 Å². The van der Waals surface area contributed by atoms with Gasteiger partial charge in [0.25, 0.3) is 0 Å². The first-order valence-electron chi connectivity index (χ1n) is 11.6. The number of rotatable bonds is 7. The van der Waals surface area contributed by atoms with Crippen LogP contribution < -0.4 is 5.73 Å². The van der Waals surface area contributed by atoms with Gasteiger partial charge < -0.3 is 15.4 Å². The number of hydrogen-bond acceptors (Lipinski definition) is 6. The van der Waals surface area contributed by atoms with E-state index in [1.54, 1.807) is 12.4 Å². The molecule has 0 unspecified atom stereocenters. The fourth-order valence-electron chi connectivity index (χ4n) is 4.96. The summed E-state index contributed by atoms with van der Waals surface area (Å²) in [4.78, 5) is 15.8. The third-order valence-corrected chi connectivity index (χ3v) is 6.49. The van der Waals surface area contributed by atoms with E-state index < -0.39 is 0 Å². The van der Waals surface area contributed by atoms with Crippen molar-refractivity contribution in [3.63, 3.8) is 0 Å². The van der Waals surface area contributed by atoms with Gasteiger partial charge in [-0.1, -0.05) is 18.2 Å². The molecule has 0 bridgehead atoms. The smallest absolute Gasteiger partial charge is 0.219 e. The molecule has 170 valence electrons. The monoisotopic (exact) mass is 442 g/mol. The lowest BCUT2D eigenvalue weighted by Gasteiger charge is -2.24. The zero-order chi connectivity index (χ0) is 22.8. The molecule has 1 atom stereocenters. The molecule has 4 aromatic rings. The molecule has 3 aromatic heterocycles. The van der Waals surface area contributed by atoms with Gasteiger partial charge in [0.2, 0.25) is 5.95 Å². The maximum Gasteiger partial charge on any atom is 0.219 e. The van der Waals surface area contributed by atoms with Gasteiger partial charge in [0.15, 0.2) is 0 Å². The van der Waals surface area contributed by atoms with Crippen LogP contribution in [0.4, 0.5) is 5.95 Å². The van der Waals surface area contributed by atoms with Crippen molar-refractivity contribution in [1.82, 2.24) is 24.4 Å². The van der Waals surface area contributed by atoms with Crippen molar-refractivity contribution in [2.75, 3.05) is 18.9 Å². The van der Waals surface area contributed by atoms with Crippen molar-refractivity contribution in [1.29, 1.82) is 0 Å². The van der Waals surface area contributed by atoms with Gasteiger partial charge in [0, 0.05) is 60.4 Å². The fourth-order valence-corrected chi connectivity index (χ4v) is 4.96. The lowest BCUT2D eigenvalue weighted by atomic mass is 10.0. The quantitative estimate of drug-likeness (QED) is 0.448. The Balaban J connectivity index is 1.44. The number of aryl methyl sites for hydroxylation is 2. The largest absolute Gasteiger partial charge is 0.396 e. The van der Waals surface area contributed by atoms with E-state index in [4.69, 9.17) is 10.7 Å². The lowest BCUT2D eigenvalue weighted by Crippen LogP contribution is -2.23. The van der Waals surface area contributed by atoms with Crippen LogP contribution in [-0.2, 0) is 13.1 Å². The number of para-hydroxylation sites is 1. The second kappa shape index (κ2) is 9.29. The Morgan fingerprint density at radius 3 is 2.76 bits per heavy atom. The highest BCUT2D eigenvalue weighted by molar-refractivity contribution is 5.84. The molecule has 33 heavy (non-hydrogen) atoms. The first kappa shape index (κ1) is 21.6. The molecular weight excluding hydrogens is 412 g/mol. The summed E-state index contributed by atoms with van der Waals surface area (Å²) in [5.41, 5.74) is 12.3. The van der Waals surface area contributed by atoms with E-state index in [2.05, 4.69) is 62.0 Å². The SMILES string of the molecule is Cc1cc(-c2cnc(N)nc2)cc([C@@H]2CCCN2Cc2cn(CCCO)c3ccccc23)n1. The van der Waals surface area contributed by atoms with Gasteiger partial charge in [-0.3, -0.25) is 9.88 Å². The van der Waals surface area contributed by atoms with Gasteiger partial charge in [-0.25, -0.2) is 9.97 Å². The Labute approximate surface area is 193 Å². The third kappa shape index (κ3) is 4.47. The molecule has 1 aliphatic rings. The van der Waals surface area contributed by atoms with E-state index in [-0.39, 0.29) is 18.6 Å². The number of anilines is 1. The molecule has 7 nitrogen and oxygen atoms in total. The third-order valence-electron chi connectivity index (χ3n) is 6.49. The number of aliphatic hydroxyl groups is 1. The molecule has 5 rings (SSSR count). The minimum atomic E-state index is 0.205. The lowest BCUT2D eigenvalue weighted by molar-refractivity contribution is 0.245. The number of aromatic nitrogens is 4. The highest BCUT2D eigenvalue weighted by atomic mass is 16.3. The second-order valence-corrected chi connectivity index (χ2v) is 8.82. The first-order valence-corrected chi connectivity index (χ1v) is 11.6. The molecule has 1 saturated heterocycles. The number of hydrogen-bond donors (Lipinski definition) is 2. The number of pyridine rings is 1. The average Bonchev–Trinajstić information content (AvgIpc) is 3.43. The Bertz CT molecular complexity index is 1250. The maximum atomic E-state index is 9.30. The van der Waals surface area contributed by atoms with E-state index in [0.717, 1.165) is 61.4 Å². The molecule has 3 N–H and O–H groups in total. The van der Waals surface area contributed by atoms with Crippen molar-refractivity contribution in [3.05, 3.63) is 71.9 Å². The Morgan fingerprint density at radius 1 is 1.12 bits per heavy atom. The predicted molar refractivity (Wildman–Crippen MR) is 130 cm³/mol. The van der Waals surface area contributed by atoms with Gasteiger partial charge in [-0.15, -0.1) is 0 Å². The Morgan fingerprint density at radius 2 is 1.94 bits per heavy atom. The summed E-state index contributed by atoms with van der Waals surface area (Å²) in [6.45, 7) is 5.01. The van der Waals surface area contributed by atoms with E-state index in [9.17, 15) is 5.11 Å².